The Morgan fingerprint density at radius 3 is 3.07 bits per heavy atom. The topological polar surface area (TPSA) is 55.1 Å². The molecule has 1 unspecified atom stereocenters. The molecule has 3 N–H and O–H groups in total. The summed E-state index contributed by atoms with van der Waals surface area (Å²) in [7, 11) is 0. The van der Waals surface area contributed by atoms with Crippen LogP contribution >= 0.6 is 0 Å². The second-order valence-electron chi connectivity index (χ2n) is 4.61. The quantitative estimate of drug-likeness (QED) is 0.667. The van der Waals surface area contributed by atoms with Gasteiger partial charge in [0, 0.05) is 5.69 Å². The SMILES string of the molecule is Cc1ccc2c(c1)C1C[C@@H]1[C@H](N)C(=O)N2. The number of nitrogens with two attached hydrogens (primary N) is 1. The third-order valence-corrected chi connectivity index (χ3v) is 3.47. The van der Waals surface area contributed by atoms with E-state index in [0.717, 1.165) is 12.1 Å². The number of fused-ring (bicyclic) bond motifs is 3. The summed E-state index contributed by atoms with van der Waals surface area (Å²) in [4.78, 5) is 11.7. The fourth-order valence-electron chi connectivity index (χ4n) is 2.48. The summed E-state index contributed by atoms with van der Waals surface area (Å²) in [6.07, 6.45) is 1.06. The molecule has 1 fully saturated rings. The number of carbonyl (C=O) groups is 1. The van der Waals surface area contributed by atoms with Gasteiger partial charge in [0.15, 0.2) is 0 Å². The number of hydrogen-bond donors (Lipinski definition) is 2. The van der Waals surface area contributed by atoms with Crippen molar-refractivity contribution in [3.8, 4) is 0 Å². The summed E-state index contributed by atoms with van der Waals surface area (Å²) in [5, 5.41) is 2.90. The number of nitrogens with one attached hydrogen (secondary N) is 1. The highest BCUT2D eigenvalue weighted by molar-refractivity contribution is 5.97. The van der Waals surface area contributed by atoms with Gasteiger partial charge in [-0.2, -0.15) is 0 Å². The van der Waals surface area contributed by atoms with Crippen molar-refractivity contribution in [1.82, 2.24) is 0 Å². The Kier molecular flexibility index (Phi) is 1.68. The lowest BCUT2D eigenvalue weighted by Crippen LogP contribution is -2.36. The molecule has 1 heterocycles. The first-order valence-corrected chi connectivity index (χ1v) is 5.34. The van der Waals surface area contributed by atoms with Crippen LogP contribution in [0.4, 0.5) is 5.69 Å². The van der Waals surface area contributed by atoms with Crippen molar-refractivity contribution in [3.05, 3.63) is 29.3 Å². The third-order valence-electron chi connectivity index (χ3n) is 3.47. The molecule has 0 saturated heterocycles. The van der Waals surface area contributed by atoms with Crippen LogP contribution in [0.25, 0.3) is 0 Å². The molecule has 1 aromatic rings. The molecule has 1 aromatic carbocycles. The molecule has 3 heteroatoms. The number of hydrogen-bond acceptors (Lipinski definition) is 2. The van der Waals surface area contributed by atoms with Gasteiger partial charge < -0.3 is 11.1 Å². The lowest BCUT2D eigenvalue weighted by Gasteiger charge is -2.10. The Balaban J connectivity index is 2.09. The third kappa shape index (κ3) is 1.27. The molecular formula is C12H14N2O. The Morgan fingerprint density at radius 2 is 2.27 bits per heavy atom. The van der Waals surface area contributed by atoms with E-state index in [1.165, 1.54) is 11.1 Å². The maximum Gasteiger partial charge on any atom is 0.241 e. The van der Waals surface area contributed by atoms with Gasteiger partial charge >= 0.3 is 0 Å². The maximum atomic E-state index is 11.7. The van der Waals surface area contributed by atoms with E-state index >= 15 is 0 Å². The maximum absolute atomic E-state index is 11.7. The summed E-state index contributed by atoms with van der Waals surface area (Å²) in [6.45, 7) is 2.07. The fourth-order valence-corrected chi connectivity index (χ4v) is 2.48. The minimum absolute atomic E-state index is 0.0369. The van der Waals surface area contributed by atoms with Crippen molar-refractivity contribution < 1.29 is 4.79 Å². The average Bonchev–Trinajstić information content (AvgIpc) is 2.98. The van der Waals surface area contributed by atoms with Gasteiger partial charge in [-0.3, -0.25) is 4.79 Å². The number of amides is 1. The second kappa shape index (κ2) is 2.83. The summed E-state index contributed by atoms with van der Waals surface area (Å²) < 4.78 is 0. The summed E-state index contributed by atoms with van der Waals surface area (Å²) in [5.41, 5.74) is 9.32. The zero-order chi connectivity index (χ0) is 10.6. The summed E-state index contributed by atoms with van der Waals surface area (Å²) in [5.74, 6) is 0.812. The molecule has 15 heavy (non-hydrogen) atoms. The highest BCUT2D eigenvalue weighted by Crippen LogP contribution is 2.53. The normalized spacial score (nSPS) is 32.4. The lowest BCUT2D eigenvalue weighted by molar-refractivity contribution is -0.117. The van der Waals surface area contributed by atoms with Gasteiger partial charge in [0.25, 0.3) is 0 Å². The van der Waals surface area contributed by atoms with Gasteiger partial charge in [-0.05, 0) is 36.8 Å². The predicted molar refractivity (Wildman–Crippen MR) is 58.6 cm³/mol. The largest absolute Gasteiger partial charge is 0.324 e. The number of rotatable bonds is 0. The van der Waals surface area contributed by atoms with Crippen LogP contribution in [0.3, 0.4) is 0 Å². The van der Waals surface area contributed by atoms with E-state index in [0.29, 0.717) is 11.8 Å². The van der Waals surface area contributed by atoms with Crippen LogP contribution in [-0.2, 0) is 4.79 Å². The van der Waals surface area contributed by atoms with E-state index in [4.69, 9.17) is 5.73 Å². The highest BCUT2D eigenvalue weighted by Gasteiger charge is 2.48. The van der Waals surface area contributed by atoms with Gasteiger partial charge in [-0.15, -0.1) is 0 Å². The molecule has 0 bridgehead atoms. The van der Waals surface area contributed by atoms with Gasteiger partial charge in [0.1, 0.15) is 0 Å². The first-order chi connectivity index (χ1) is 7.16. The molecule has 0 aromatic heterocycles. The van der Waals surface area contributed by atoms with E-state index in [9.17, 15) is 4.79 Å². The Morgan fingerprint density at radius 1 is 1.47 bits per heavy atom. The van der Waals surface area contributed by atoms with Crippen LogP contribution in [0.5, 0.6) is 0 Å². The van der Waals surface area contributed by atoms with Crippen LogP contribution < -0.4 is 11.1 Å². The van der Waals surface area contributed by atoms with E-state index < -0.39 is 0 Å². The average molecular weight is 202 g/mol. The number of carbonyl (C=O) groups excluding carboxylic acids is 1. The first-order valence-electron chi connectivity index (χ1n) is 5.34. The van der Waals surface area contributed by atoms with Crippen molar-refractivity contribution in [2.24, 2.45) is 11.7 Å². The molecule has 3 atom stereocenters. The van der Waals surface area contributed by atoms with Crippen molar-refractivity contribution in [1.29, 1.82) is 0 Å². The van der Waals surface area contributed by atoms with E-state index in [1.807, 2.05) is 12.1 Å². The zero-order valence-corrected chi connectivity index (χ0v) is 8.66. The smallest absolute Gasteiger partial charge is 0.241 e. The second-order valence-corrected chi connectivity index (χ2v) is 4.61. The van der Waals surface area contributed by atoms with E-state index in [1.54, 1.807) is 0 Å². The molecule has 78 valence electrons. The molecule has 3 rings (SSSR count). The standard InChI is InChI=1S/C12H14N2O/c1-6-2-3-10-8(4-6)7-5-9(7)11(13)12(15)14-10/h2-4,7,9,11H,5,13H2,1H3,(H,14,15)/t7?,9-,11-/m0/s1. The number of benzene rings is 1. The predicted octanol–water partition coefficient (Wildman–Crippen LogP) is 1.38. The lowest BCUT2D eigenvalue weighted by atomic mass is 10.0. The van der Waals surface area contributed by atoms with Crippen LogP contribution in [0.2, 0.25) is 0 Å². The fraction of sp³-hybridized carbons (Fsp3) is 0.417. The monoisotopic (exact) mass is 202 g/mol. The summed E-state index contributed by atoms with van der Waals surface area (Å²) in [6, 6.07) is 5.84. The molecule has 1 aliphatic heterocycles. The van der Waals surface area contributed by atoms with Crippen LogP contribution in [0.1, 0.15) is 23.5 Å². The number of aryl methyl sites for hydroxylation is 1. The summed E-state index contributed by atoms with van der Waals surface area (Å²) >= 11 is 0. The van der Waals surface area contributed by atoms with Crippen molar-refractivity contribution in [3.63, 3.8) is 0 Å². The minimum atomic E-state index is -0.331. The van der Waals surface area contributed by atoms with E-state index in [2.05, 4.69) is 18.3 Å². The van der Waals surface area contributed by atoms with Crippen LogP contribution in [-0.4, -0.2) is 11.9 Å². The van der Waals surface area contributed by atoms with Crippen molar-refractivity contribution in [2.75, 3.05) is 5.32 Å². The van der Waals surface area contributed by atoms with E-state index in [-0.39, 0.29) is 11.9 Å². The molecule has 2 aliphatic rings. The first kappa shape index (κ1) is 8.92. The van der Waals surface area contributed by atoms with Crippen LogP contribution in [0, 0.1) is 12.8 Å². The Labute approximate surface area is 88.7 Å². The van der Waals surface area contributed by atoms with Gasteiger partial charge in [-0.1, -0.05) is 17.7 Å². The van der Waals surface area contributed by atoms with Crippen LogP contribution in [0.15, 0.2) is 18.2 Å². The van der Waals surface area contributed by atoms with Gasteiger partial charge in [0.05, 0.1) is 6.04 Å². The van der Waals surface area contributed by atoms with Gasteiger partial charge in [-0.25, -0.2) is 0 Å². The molecule has 1 saturated carbocycles. The molecular weight excluding hydrogens is 188 g/mol. The molecule has 1 aliphatic carbocycles. The highest BCUT2D eigenvalue weighted by atomic mass is 16.2. The van der Waals surface area contributed by atoms with Crippen molar-refractivity contribution >= 4 is 11.6 Å². The Hall–Kier alpha value is -1.35. The minimum Gasteiger partial charge on any atom is -0.324 e. The molecule has 1 amide bonds. The van der Waals surface area contributed by atoms with Crippen molar-refractivity contribution in [2.45, 2.75) is 25.3 Å². The zero-order valence-electron chi connectivity index (χ0n) is 8.66. The van der Waals surface area contributed by atoms with Gasteiger partial charge in [0.2, 0.25) is 5.91 Å². The molecule has 0 spiro atoms. The molecule has 3 nitrogen and oxygen atoms in total. The Bertz CT molecular complexity index is 441. The number of anilines is 1. The molecule has 0 radical (unpaired) electrons.